The molecule has 1 aliphatic carbocycles. The smallest absolute Gasteiger partial charge is 0.325 e. The van der Waals surface area contributed by atoms with Crippen molar-refractivity contribution >= 4 is 11.9 Å². The number of ether oxygens (including phenoxy) is 1. The Labute approximate surface area is 123 Å². The highest BCUT2D eigenvalue weighted by Gasteiger charge is 2.53. The Bertz CT molecular complexity index is 535. The number of carbonyl (C=O) groups is 2. The lowest BCUT2D eigenvalue weighted by Crippen LogP contribution is -2.46. The van der Waals surface area contributed by atoms with Gasteiger partial charge in [-0.05, 0) is 44.4 Å². The van der Waals surface area contributed by atoms with E-state index in [2.05, 4.69) is 4.74 Å². The summed E-state index contributed by atoms with van der Waals surface area (Å²) in [5.74, 6) is -0.848. The fourth-order valence-electron chi connectivity index (χ4n) is 2.49. The van der Waals surface area contributed by atoms with Crippen molar-refractivity contribution < 1.29 is 18.7 Å². The molecule has 21 heavy (non-hydrogen) atoms. The Kier molecular flexibility index (Phi) is 4.30. The molecule has 0 spiro atoms. The molecule has 0 bridgehead atoms. The predicted molar refractivity (Wildman–Crippen MR) is 76.2 cm³/mol. The topological polar surface area (TPSA) is 46.6 Å². The Morgan fingerprint density at radius 2 is 1.86 bits per heavy atom. The first-order valence-electron chi connectivity index (χ1n) is 7.04. The van der Waals surface area contributed by atoms with Gasteiger partial charge in [0.2, 0.25) is 5.91 Å². The van der Waals surface area contributed by atoms with Crippen molar-refractivity contribution in [3.63, 3.8) is 0 Å². The highest BCUT2D eigenvalue weighted by molar-refractivity contribution is 5.93. The molecule has 4 nitrogen and oxygen atoms in total. The van der Waals surface area contributed by atoms with Gasteiger partial charge in [0.25, 0.3) is 0 Å². The zero-order chi connectivity index (χ0) is 15.6. The van der Waals surface area contributed by atoms with Gasteiger partial charge in [-0.1, -0.05) is 12.1 Å². The SMILES string of the molecule is COC(=O)CN(C(=O)C1(c2ccc(F)cc2)CC1)C(C)C. The molecular weight excluding hydrogens is 273 g/mol. The summed E-state index contributed by atoms with van der Waals surface area (Å²) < 4.78 is 17.7. The second kappa shape index (κ2) is 5.84. The lowest BCUT2D eigenvalue weighted by atomic mass is 9.93. The van der Waals surface area contributed by atoms with Crippen LogP contribution in [-0.4, -0.2) is 36.5 Å². The molecule has 2 rings (SSSR count). The van der Waals surface area contributed by atoms with E-state index in [1.807, 2.05) is 13.8 Å². The minimum Gasteiger partial charge on any atom is -0.468 e. The molecular formula is C16H20FNO3. The molecule has 5 heteroatoms. The van der Waals surface area contributed by atoms with E-state index in [9.17, 15) is 14.0 Å². The molecule has 1 aromatic carbocycles. The van der Waals surface area contributed by atoms with E-state index in [4.69, 9.17) is 0 Å². The first kappa shape index (κ1) is 15.5. The van der Waals surface area contributed by atoms with Crippen LogP contribution in [0.1, 0.15) is 32.3 Å². The van der Waals surface area contributed by atoms with E-state index in [0.29, 0.717) is 0 Å². The summed E-state index contributed by atoms with van der Waals surface area (Å²) >= 11 is 0. The summed E-state index contributed by atoms with van der Waals surface area (Å²) in [6, 6.07) is 5.92. The standard InChI is InChI=1S/C16H20FNO3/c1-11(2)18(10-14(19)21-3)15(20)16(8-9-16)12-4-6-13(17)7-5-12/h4-7,11H,8-10H2,1-3H3. The molecule has 1 amide bonds. The molecule has 0 radical (unpaired) electrons. The zero-order valence-electron chi connectivity index (χ0n) is 12.6. The average Bonchev–Trinajstić information content (AvgIpc) is 3.25. The van der Waals surface area contributed by atoms with Crippen LogP contribution in [0.25, 0.3) is 0 Å². The molecule has 1 aromatic rings. The summed E-state index contributed by atoms with van der Waals surface area (Å²) in [5.41, 5.74) is 0.204. The highest BCUT2D eigenvalue weighted by atomic mass is 19.1. The fourth-order valence-corrected chi connectivity index (χ4v) is 2.49. The van der Waals surface area contributed by atoms with E-state index >= 15 is 0 Å². The second-order valence-electron chi connectivity index (χ2n) is 5.69. The number of carbonyl (C=O) groups excluding carboxylic acids is 2. The number of esters is 1. The van der Waals surface area contributed by atoms with Crippen molar-refractivity contribution in [1.82, 2.24) is 4.90 Å². The molecule has 1 aliphatic rings. The first-order valence-corrected chi connectivity index (χ1v) is 7.04. The average molecular weight is 293 g/mol. The molecule has 0 saturated heterocycles. The van der Waals surface area contributed by atoms with Gasteiger partial charge in [0.15, 0.2) is 0 Å². The number of methoxy groups -OCH3 is 1. The van der Waals surface area contributed by atoms with Gasteiger partial charge in [-0.15, -0.1) is 0 Å². The maximum absolute atomic E-state index is 13.0. The lowest BCUT2D eigenvalue weighted by molar-refractivity contribution is -0.149. The molecule has 0 aliphatic heterocycles. The summed E-state index contributed by atoms with van der Waals surface area (Å²) in [6.45, 7) is 3.67. The van der Waals surface area contributed by atoms with Gasteiger partial charge in [0.05, 0.1) is 12.5 Å². The summed E-state index contributed by atoms with van der Waals surface area (Å²) in [4.78, 5) is 25.9. The Morgan fingerprint density at radius 1 is 1.29 bits per heavy atom. The third-order valence-electron chi connectivity index (χ3n) is 3.97. The van der Waals surface area contributed by atoms with E-state index in [-0.39, 0.29) is 24.3 Å². The molecule has 0 unspecified atom stereocenters. The quantitative estimate of drug-likeness (QED) is 0.782. The Morgan fingerprint density at radius 3 is 2.29 bits per heavy atom. The van der Waals surface area contributed by atoms with Gasteiger partial charge >= 0.3 is 5.97 Å². The number of nitrogens with zero attached hydrogens (tertiary/aromatic N) is 1. The van der Waals surface area contributed by atoms with Crippen molar-refractivity contribution in [1.29, 1.82) is 0 Å². The van der Waals surface area contributed by atoms with Crippen molar-refractivity contribution in [3.8, 4) is 0 Å². The van der Waals surface area contributed by atoms with Crippen molar-refractivity contribution in [2.24, 2.45) is 0 Å². The third-order valence-corrected chi connectivity index (χ3v) is 3.97. The molecule has 0 heterocycles. The van der Waals surface area contributed by atoms with Crippen molar-refractivity contribution in [3.05, 3.63) is 35.6 Å². The van der Waals surface area contributed by atoms with E-state index < -0.39 is 11.4 Å². The van der Waals surface area contributed by atoms with Crippen LogP contribution < -0.4 is 0 Å². The maximum atomic E-state index is 13.0. The number of hydrogen-bond donors (Lipinski definition) is 0. The van der Waals surface area contributed by atoms with Crippen molar-refractivity contribution in [2.75, 3.05) is 13.7 Å². The van der Waals surface area contributed by atoms with Crippen LogP contribution in [0.4, 0.5) is 4.39 Å². The molecule has 114 valence electrons. The molecule has 1 fully saturated rings. The maximum Gasteiger partial charge on any atom is 0.325 e. The molecule has 0 atom stereocenters. The summed E-state index contributed by atoms with van der Waals surface area (Å²) in [5, 5.41) is 0. The predicted octanol–water partition coefficient (Wildman–Crippen LogP) is 2.27. The van der Waals surface area contributed by atoms with Crippen LogP contribution in [0.3, 0.4) is 0 Å². The van der Waals surface area contributed by atoms with Crippen LogP contribution in [0.15, 0.2) is 24.3 Å². The minimum atomic E-state index is -0.605. The largest absolute Gasteiger partial charge is 0.468 e. The number of benzene rings is 1. The van der Waals surface area contributed by atoms with Crippen molar-refractivity contribution in [2.45, 2.75) is 38.1 Å². The molecule has 1 saturated carbocycles. The number of halogens is 1. The van der Waals surface area contributed by atoms with Crippen LogP contribution in [0, 0.1) is 5.82 Å². The molecule has 0 aromatic heterocycles. The normalized spacial score (nSPS) is 15.7. The number of hydrogen-bond acceptors (Lipinski definition) is 3. The van der Waals surface area contributed by atoms with E-state index in [1.54, 1.807) is 12.1 Å². The van der Waals surface area contributed by atoms with Gasteiger partial charge in [0, 0.05) is 6.04 Å². The van der Waals surface area contributed by atoms with Gasteiger partial charge in [-0.25, -0.2) is 4.39 Å². The second-order valence-corrected chi connectivity index (χ2v) is 5.69. The Balaban J connectivity index is 2.23. The third kappa shape index (κ3) is 3.06. The lowest BCUT2D eigenvalue weighted by Gasteiger charge is -2.30. The summed E-state index contributed by atoms with van der Waals surface area (Å²) in [7, 11) is 1.30. The van der Waals surface area contributed by atoms with E-state index in [0.717, 1.165) is 18.4 Å². The highest BCUT2D eigenvalue weighted by Crippen LogP contribution is 2.49. The van der Waals surface area contributed by atoms with Gasteiger partial charge in [-0.2, -0.15) is 0 Å². The van der Waals surface area contributed by atoms with Crippen LogP contribution >= 0.6 is 0 Å². The fraction of sp³-hybridized carbons (Fsp3) is 0.500. The zero-order valence-corrected chi connectivity index (χ0v) is 12.6. The van der Waals surface area contributed by atoms with Crippen LogP contribution in [-0.2, 0) is 19.7 Å². The first-order chi connectivity index (χ1) is 9.90. The number of amides is 1. The Hall–Kier alpha value is -1.91. The van der Waals surface area contributed by atoms with Gasteiger partial charge in [-0.3, -0.25) is 9.59 Å². The monoisotopic (exact) mass is 293 g/mol. The van der Waals surface area contributed by atoms with Crippen LogP contribution in [0.5, 0.6) is 0 Å². The summed E-state index contributed by atoms with van der Waals surface area (Å²) in [6.07, 6.45) is 1.45. The van der Waals surface area contributed by atoms with Gasteiger partial charge in [0.1, 0.15) is 12.4 Å². The molecule has 0 N–H and O–H groups in total. The minimum absolute atomic E-state index is 0.0596. The van der Waals surface area contributed by atoms with E-state index in [1.165, 1.54) is 24.1 Å². The number of rotatable bonds is 5. The van der Waals surface area contributed by atoms with Crippen LogP contribution in [0.2, 0.25) is 0 Å². The van der Waals surface area contributed by atoms with Gasteiger partial charge < -0.3 is 9.64 Å².